The van der Waals surface area contributed by atoms with Crippen LogP contribution in [0.25, 0.3) is 60.9 Å². The molecule has 0 saturated carbocycles. The summed E-state index contributed by atoms with van der Waals surface area (Å²) in [7, 11) is 0. The van der Waals surface area contributed by atoms with E-state index in [1.165, 1.54) is 65.7 Å². The summed E-state index contributed by atoms with van der Waals surface area (Å²) in [6, 6.07) is 42.1. The van der Waals surface area contributed by atoms with Gasteiger partial charge in [0.05, 0.1) is 22.8 Å². The van der Waals surface area contributed by atoms with E-state index in [9.17, 15) is 0 Å². The maximum absolute atomic E-state index is 5.56. The second kappa shape index (κ2) is 9.67. The monoisotopic (exact) mass is 601 g/mol. The lowest BCUT2D eigenvalue weighted by Gasteiger charge is -2.34. The standard InChI is InChI=1S/C44H31N3/c1-44(2)36-18-8-7-16-34(36)42-40(44)39(38-28-13-4-3-11-26(28)19-22-37(38)47-42)32-21-20-31(29-14-5-6-15-30(29)32)35-25-27-12-9-23-45-41(27)43-33(35)17-10-24-46-43/h3-21,23-25,37H,22H2,1-2H3. The highest BCUT2D eigenvalue weighted by molar-refractivity contribution is 6.30. The third-order valence-electron chi connectivity index (χ3n) is 10.6. The Labute approximate surface area is 273 Å². The maximum atomic E-state index is 5.56. The first-order chi connectivity index (χ1) is 23.1. The number of dihydropyridines is 1. The molecular weight excluding hydrogens is 571 g/mol. The molecule has 222 valence electrons. The molecule has 5 aromatic carbocycles. The summed E-state index contributed by atoms with van der Waals surface area (Å²) >= 11 is 0. The molecule has 0 fully saturated rings. The van der Waals surface area contributed by atoms with Crippen molar-refractivity contribution >= 4 is 55.5 Å². The molecule has 3 aliphatic rings. The van der Waals surface area contributed by atoms with Gasteiger partial charge in [-0.15, -0.1) is 0 Å². The number of hydrogen-bond donors (Lipinski definition) is 0. The van der Waals surface area contributed by atoms with E-state index in [4.69, 9.17) is 15.0 Å². The number of fused-ring (bicyclic) bond motifs is 9. The molecule has 0 radical (unpaired) electrons. The molecule has 0 saturated heterocycles. The van der Waals surface area contributed by atoms with Crippen LogP contribution in [0.1, 0.15) is 37.0 Å². The second-order valence-corrected chi connectivity index (χ2v) is 13.5. The van der Waals surface area contributed by atoms with Crippen molar-refractivity contribution in [3.05, 3.63) is 160 Å². The van der Waals surface area contributed by atoms with Crippen molar-refractivity contribution in [1.82, 2.24) is 9.97 Å². The van der Waals surface area contributed by atoms with Crippen LogP contribution in [0.2, 0.25) is 0 Å². The number of hydrogen-bond acceptors (Lipinski definition) is 3. The topological polar surface area (TPSA) is 38.1 Å². The van der Waals surface area contributed by atoms with Crippen LogP contribution in [0, 0.1) is 0 Å². The van der Waals surface area contributed by atoms with E-state index in [-0.39, 0.29) is 11.5 Å². The number of rotatable bonds is 2. The van der Waals surface area contributed by atoms with Gasteiger partial charge in [-0.1, -0.05) is 117 Å². The molecule has 10 rings (SSSR count). The molecule has 47 heavy (non-hydrogen) atoms. The van der Waals surface area contributed by atoms with E-state index in [0.717, 1.165) is 33.9 Å². The molecule has 3 nitrogen and oxygen atoms in total. The zero-order chi connectivity index (χ0) is 31.3. The van der Waals surface area contributed by atoms with Crippen molar-refractivity contribution in [1.29, 1.82) is 0 Å². The van der Waals surface area contributed by atoms with Gasteiger partial charge in [-0.3, -0.25) is 15.0 Å². The van der Waals surface area contributed by atoms with Gasteiger partial charge < -0.3 is 0 Å². The zero-order valence-corrected chi connectivity index (χ0v) is 26.3. The first-order valence-electron chi connectivity index (χ1n) is 16.5. The van der Waals surface area contributed by atoms with Gasteiger partial charge in [0.1, 0.15) is 0 Å². The SMILES string of the molecule is CC1(C)C2=C(c3ccc(-c4cc5cccnc5c5ncccc45)c4ccccc34)C3=c4ccccc4=CCC3N=C2c2ccccc21. The van der Waals surface area contributed by atoms with E-state index in [0.29, 0.717) is 0 Å². The smallest absolute Gasteiger partial charge is 0.0970 e. The lowest BCUT2D eigenvalue weighted by molar-refractivity contribution is 0.662. The van der Waals surface area contributed by atoms with Crippen LogP contribution in [0.4, 0.5) is 0 Å². The van der Waals surface area contributed by atoms with Crippen LogP contribution < -0.4 is 10.4 Å². The van der Waals surface area contributed by atoms with Crippen molar-refractivity contribution in [2.24, 2.45) is 4.99 Å². The van der Waals surface area contributed by atoms with Gasteiger partial charge in [-0.05, 0) is 84.8 Å². The van der Waals surface area contributed by atoms with Crippen molar-refractivity contribution in [2.45, 2.75) is 31.7 Å². The fourth-order valence-corrected chi connectivity index (χ4v) is 8.56. The summed E-state index contributed by atoms with van der Waals surface area (Å²) in [5, 5.41) is 7.29. The Balaban J connectivity index is 1.33. The highest BCUT2D eigenvalue weighted by Crippen LogP contribution is 2.53. The minimum Gasteiger partial charge on any atom is -0.276 e. The normalized spacial score (nSPS) is 17.6. The van der Waals surface area contributed by atoms with E-state index in [2.05, 4.69) is 123 Å². The number of nitrogens with zero attached hydrogens (tertiary/aromatic N) is 3. The predicted molar refractivity (Wildman–Crippen MR) is 195 cm³/mol. The Kier molecular flexibility index (Phi) is 5.46. The second-order valence-electron chi connectivity index (χ2n) is 13.5. The summed E-state index contributed by atoms with van der Waals surface area (Å²) in [4.78, 5) is 15.1. The number of aromatic nitrogens is 2. The third-order valence-corrected chi connectivity index (χ3v) is 10.6. The molecule has 1 unspecified atom stereocenters. The van der Waals surface area contributed by atoms with Gasteiger partial charge in [0.25, 0.3) is 0 Å². The number of aliphatic imine (C=N–C) groups is 1. The summed E-state index contributed by atoms with van der Waals surface area (Å²) in [5.41, 5.74) is 13.2. The molecule has 1 atom stereocenters. The molecule has 0 amide bonds. The van der Waals surface area contributed by atoms with Crippen molar-refractivity contribution in [3.63, 3.8) is 0 Å². The highest BCUT2D eigenvalue weighted by atomic mass is 14.8. The van der Waals surface area contributed by atoms with E-state index in [1.807, 2.05) is 24.5 Å². The minimum atomic E-state index is -0.203. The van der Waals surface area contributed by atoms with Crippen molar-refractivity contribution < 1.29 is 0 Å². The minimum absolute atomic E-state index is 0.0713. The maximum Gasteiger partial charge on any atom is 0.0970 e. The number of allylic oxidation sites excluding steroid dienone is 1. The van der Waals surface area contributed by atoms with E-state index < -0.39 is 0 Å². The van der Waals surface area contributed by atoms with Crippen molar-refractivity contribution in [3.8, 4) is 11.1 Å². The molecule has 7 aromatic rings. The van der Waals surface area contributed by atoms with Gasteiger partial charge in [-0.25, -0.2) is 0 Å². The largest absolute Gasteiger partial charge is 0.276 e. The first-order valence-corrected chi connectivity index (χ1v) is 16.5. The Bertz CT molecular complexity index is 2690. The fraction of sp³-hybridized carbons (Fsp3) is 0.114. The Morgan fingerprint density at radius 3 is 2.21 bits per heavy atom. The molecule has 0 spiro atoms. The Hall–Kier alpha value is -5.67. The Morgan fingerprint density at radius 1 is 0.617 bits per heavy atom. The predicted octanol–water partition coefficient (Wildman–Crippen LogP) is 8.55. The van der Waals surface area contributed by atoms with Gasteiger partial charge in [-0.2, -0.15) is 0 Å². The fourth-order valence-electron chi connectivity index (χ4n) is 8.56. The summed E-state index contributed by atoms with van der Waals surface area (Å²) in [5.74, 6) is 0. The highest BCUT2D eigenvalue weighted by Gasteiger charge is 2.45. The van der Waals surface area contributed by atoms with Crippen LogP contribution >= 0.6 is 0 Å². The quantitative estimate of drug-likeness (QED) is 0.186. The average molecular weight is 602 g/mol. The Morgan fingerprint density at radius 2 is 1.32 bits per heavy atom. The van der Waals surface area contributed by atoms with Crippen LogP contribution in [0.5, 0.6) is 0 Å². The first kappa shape index (κ1) is 26.5. The van der Waals surface area contributed by atoms with Gasteiger partial charge in [0, 0.05) is 34.1 Å². The van der Waals surface area contributed by atoms with Gasteiger partial charge >= 0.3 is 0 Å². The van der Waals surface area contributed by atoms with Crippen LogP contribution in [-0.2, 0) is 5.41 Å². The van der Waals surface area contributed by atoms with Crippen molar-refractivity contribution in [2.75, 3.05) is 0 Å². The lowest BCUT2D eigenvalue weighted by atomic mass is 9.72. The molecule has 1 aliphatic heterocycles. The van der Waals surface area contributed by atoms with Gasteiger partial charge in [0.15, 0.2) is 0 Å². The third kappa shape index (κ3) is 3.65. The zero-order valence-electron chi connectivity index (χ0n) is 26.3. The molecule has 0 bridgehead atoms. The average Bonchev–Trinajstić information content (AvgIpc) is 3.35. The summed E-state index contributed by atoms with van der Waals surface area (Å²) in [6.45, 7) is 4.76. The summed E-state index contributed by atoms with van der Waals surface area (Å²) in [6.07, 6.45) is 6.99. The number of benzene rings is 5. The van der Waals surface area contributed by atoms with E-state index >= 15 is 0 Å². The molecule has 2 aliphatic carbocycles. The molecule has 0 N–H and O–H groups in total. The molecule has 3 heteroatoms. The molecular formula is C44H31N3. The molecule has 2 aromatic heterocycles. The van der Waals surface area contributed by atoms with Crippen LogP contribution in [0.15, 0.2) is 138 Å². The molecule has 3 heterocycles. The summed E-state index contributed by atoms with van der Waals surface area (Å²) < 4.78 is 0. The number of pyridine rings is 2. The lowest BCUT2D eigenvalue weighted by Crippen LogP contribution is -2.38. The van der Waals surface area contributed by atoms with Crippen LogP contribution in [0.3, 0.4) is 0 Å². The van der Waals surface area contributed by atoms with Gasteiger partial charge in [0.2, 0.25) is 0 Å². The van der Waals surface area contributed by atoms with E-state index in [1.54, 1.807) is 0 Å². The van der Waals surface area contributed by atoms with Crippen LogP contribution in [-0.4, -0.2) is 21.7 Å².